The van der Waals surface area contributed by atoms with Crippen molar-refractivity contribution in [2.45, 2.75) is 43.1 Å². The lowest BCUT2D eigenvalue weighted by Gasteiger charge is -2.37. The number of alkyl halides is 1. The summed E-state index contributed by atoms with van der Waals surface area (Å²) in [5, 5.41) is 0.196. The Labute approximate surface area is 110 Å². The van der Waals surface area contributed by atoms with Gasteiger partial charge in [-0.2, -0.15) is 0 Å². The summed E-state index contributed by atoms with van der Waals surface area (Å²) in [4.78, 5) is 28.0. The zero-order valence-electron chi connectivity index (χ0n) is 9.93. The molecule has 0 aliphatic carbocycles. The Morgan fingerprint density at radius 2 is 1.94 bits per heavy atom. The van der Waals surface area contributed by atoms with Gasteiger partial charge in [0.05, 0.1) is 5.56 Å². The number of nitrogens with zero attached hydrogens (tertiary/aromatic N) is 1. The molecular weight excluding hydrogens is 252 g/mol. The summed E-state index contributed by atoms with van der Waals surface area (Å²) < 4.78 is 0. The minimum absolute atomic E-state index is 0.0160. The number of aromatic nitrogens is 1. The lowest BCUT2D eigenvalue weighted by atomic mass is 10.0. The van der Waals surface area contributed by atoms with Crippen molar-refractivity contribution in [1.82, 2.24) is 9.88 Å². The number of carbonyl (C=O) groups is 1. The molecule has 1 N–H and O–H groups in total. The highest BCUT2D eigenvalue weighted by Crippen LogP contribution is 2.38. The number of aromatic amines is 1. The van der Waals surface area contributed by atoms with E-state index in [2.05, 4.69) is 4.98 Å². The average Bonchev–Trinajstić information content (AvgIpc) is 2.62. The lowest BCUT2D eigenvalue weighted by molar-refractivity contribution is 0.0599. The van der Waals surface area contributed by atoms with Crippen LogP contribution in [0.15, 0.2) is 23.1 Å². The van der Waals surface area contributed by atoms with E-state index in [0.717, 1.165) is 25.7 Å². The van der Waals surface area contributed by atoms with E-state index >= 15 is 0 Å². The van der Waals surface area contributed by atoms with Gasteiger partial charge in [0.1, 0.15) is 0 Å². The zero-order valence-corrected chi connectivity index (χ0v) is 10.7. The van der Waals surface area contributed by atoms with Crippen LogP contribution in [0.4, 0.5) is 0 Å². The Balaban J connectivity index is 1.85. The molecule has 3 heterocycles. The number of hydrogen-bond acceptors (Lipinski definition) is 2. The van der Waals surface area contributed by atoms with E-state index < -0.39 is 0 Å². The van der Waals surface area contributed by atoms with Gasteiger partial charge in [-0.25, -0.2) is 0 Å². The van der Waals surface area contributed by atoms with Gasteiger partial charge in [-0.3, -0.25) is 9.59 Å². The summed E-state index contributed by atoms with van der Waals surface area (Å²) in [7, 11) is 0. The van der Waals surface area contributed by atoms with E-state index in [-0.39, 0.29) is 28.9 Å². The highest BCUT2D eigenvalue weighted by molar-refractivity contribution is 6.20. The monoisotopic (exact) mass is 266 g/mol. The minimum atomic E-state index is -0.186. The SMILES string of the molecule is O=C(c1ccc(=O)[nH]c1)N1C2CCC1CC(Cl)C2. The summed E-state index contributed by atoms with van der Waals surface area (Å²) >= 11 is 6.20. The van der Waals surface area contributed by atoms with Crippen molar-refractivity contribution in [1.29, 1.82) is 0 Å². The summed E-state index contributed by atoms with van der Waals surface area (Å²) in [6.07, 6.45) is 5.35. The third-order valence-electron chi connectivity index (χ3n) is 3.94. The van der Waals surface area contributed by atoms with Crippen molar-refractivity contribution in [3.63, 3.8) is 0 Å². The van der Waals surface area contributed by atoms with Gasteiger partial charge < -0.3 is 9.88 Å². The Morgan fingerprint density at radius 3 is 2.50 bits per heavy atom. The van der Waals surface area contributed by atoms with Gasteiger partial charge in [0.25, 0.3) is 5.91 Å². The molecule has 1 amide bonds. The highest BCUT2D eigenvalue weighted by Gasteiger charge is 2.42. The second-order valence-corrected chi connectivity index (χ2v) is 5.72. The van der Waals surface area contributed by atoms with E-state index in [1.165, 1.54) is 12.3 Å². The molecule has 2 saturated heterocycles. The number of rotatable bonds is 1. The van der Waals surface area contributed by atoms with Crippen molar-refractivity contribution in [3.8, 4) is 0 Å². The van der Waals surface area contributed by atoms with Crippen LogP contribution < -0.4 is 5.56 Å². The number of piperidine rings is 1. The standard InChI is InChI=1S/C13H15ClN2O2/c14-9-5-10-2-3-11(6-9)16(10)13(18)8-1-4-12(17)15-7-8/h1,4,7,9-11H,2-3,5-6H2,(H,15,17). The molecule has 0 spiro atoms. The molecule has 2 atom stereocenters. The largest absolute Gasteiger partial charge is 0.333 e. The molecule has 2 aliphatic rings. The van der Waals surface area contributed by atoms with Crippen LogP contribution in [0.2, 0.25) is 0 Å². The van der Waals surface area contributed by atoms with Gasteiger partial charge in [-0.1, -0.05) is 0 Å². The average molecular weight is 267 g/mol. The first kappa shape index (κ1) is 11.8. The number of halogens is 1. The molecule has 0 radical (unpaired) electrons. The first-order valence-electron chi connectivity index (χ1n) is 6.30. The Bertz CT molecular complexity index is 493. The number of pyridine rings is 1. The second-order valence-electron chi connectivity index (χ2n) is 5.11. The molecule has 2 fully saturated rings. The fourth-order valence-electron chi connectivity index (χ4n) is 3.13. The smallest absolute Gasteiger partial charge is 0.255 e. The molecule has 0 aromatic carbocycles. The van der Waals surface area contributed by atoms with Crippen molar-refractivity contribution < 1.29 is 4.79 Å². The molecule has 96 valence electrons. The van der Waals surface area contributed by atoms with Gasteiger partial charge in [-0.05, 0) is 31.7 Å². The summed E-state index contributed by atoms with van der Waals surface area (Å²) in [5.41, 5.74) is 0.369. The van der Waals surface area contributed by atoms with Crippen molar-refractivity contribution in [2.75, 3.05) is 0 Å². The van der Waals surface area contributed by atoms with E-state index in [1.807, 2.05) is 4.90 Å². The molecule has 5 heteroatoms. The summed E-state index contributed by atoms with van der Waals surface area (Å²) in [6, 6.07) is 3.52. The molecule has 2 aliphatic heterocycles. The molecule has 2 unspecified atom stereocenters. The van der Waals surface area contributed by atoms with Crippen molar-refractivity contribution in [3.05, 3.63) is 34.2 Å². The van der Waals surface area contributed by atoms with Crippen LogP contribution in [-0.2, 0) is 0 Å². The fraction of sp³-hybridized carbons (Fsp3) is 0.538. The number of hydrogen-bond donors (Lipinski definition) is 1. The Kier molecular flexibility index (Phi) is 2.90. The maximum atomic E-state index is 12.4. The van der Waals surface area contributed by atoms with E-state index in [1.54, 1.807) is 6.07 Å². The third-order valence-corrected chi connectivity index (χ3v) is 4.30. The number of H-pyrrole nitrogens is 1. The first-order chi connectivity index (χ1) is 8.65. The maximum absolute atomic E-state index is 12.4. The quantitative estimate of drug-likeness (QED) is 0.788. The van der Waals surface area contributed by atoms with Crippen LogP contribution in [0, 0.1) is 0 Å². The Morgan fingerprint density at radius 1 is 1.28 bits per heavy atom. The number of carbonyl (C=O) groups excluding carboxylic acids is 1. The second kappa shape index (κ2) is 4.43. The molecule has 0 saturated carbocycles. The molecule has 1 aromatic rings. The van der Waals surface area contributed by atoms with Crippen LogP contribution in [0.25, 0.3) is 0 Å². The predicted octanol–water partition coefficient (Wildman–Crippen LogP) is 1.75. The first-order valence-corrected chi connectivity index (χ1v) is 6.74. The van der Waals surface area contributed by atoms with Crippen LogP contribution in [0.1, 0.15) is 36.0 Å². The van der Waals surface area contributed by atoms with Crippen LogP contribution in [0.3, 0.4) is 0 Å². The van der Waals surface area contributed by atoms with Crippen LogP contribution in [-0.4, -0.2) is 33.3 Å². The van der Waals surface area contributed by atoms with Crippen LogP contribution >= 0.6 is 11.6 Å². The predicted molar refractivity (Wildman–Crippen MR) is 68.9 cm³/mol. The Hall–Kier alpha value is -1.29. The lowest BCUT2D eigenvalue weighted by Crippen LogP contribution is -2.47. The van der Waals surface area contributed by atoms with E-state index in [9.17, 15) is 9.59 Å². The van der Waals surface area contributed by atoms with Gasteiger partial charge in [-0.15, -0.1) is 11.6 Å². The van der Waals surface area contributed by atoms with E-state index in [4.69, 9.17) is 11.6 Å². The molecule has 2 bridgehead atoms. The molecular formula is C13H15ClN2O2. The summed E-state index contributed by atoms with van der Waals surface area (Å²) in [5.74, 6) is 0.0160. The van der Waals surface area contributed by atoms with Gasteiger partial charge >= 0.3 is 0 Å². The number of fused-ring (bicyclic) bond motifs is 2. The molecule has 3 rings (SSSR count). The van der Waals surface area contributed by atoms with Crippen molar-refractivity contribution in [2.24, 2.45) is 0 Å². The maximum Gasteiger partial charge on any atom is 0.255 e. The normalized spacial score (nSPS) is 30.5. The molecule has 1 aromatic heterocycles. The highest BCUT2D eigenvalue weighted by atomic mass is 35.5. The zero-order chi connectivity index (χ0) is 12.7. The van der Waals surface area contributed by atoms with Crippen molar-refractivity contribution >= 4 is 17.5 Å². The van der Waals surface area contributed by atoms with E-state index in [0.29, 0.717) is 5.56 Å². The third kappa shape index (κ3) is 1.94. The minimum Gasteiger partial charge on any atom is -0.333 e. The van der Waals surface area contributed by atoms with Gasteiger partial charge in [0.2, 0.25) is 5.56 Å². The summed E-state index contributed by atoms with van der Waals surface area (Å²) in [6.45, 7) is 0. The molecule has 4 nitrogen and oxygen atoms in total. The van der Waals surface area contributed by atoms with Gasteiger partial charge in [0.15, 0.2) is 0 Å². The molecule has 18 heavy (non-hydrogen) atoms. The fourth-order valence-corrected chi connectivity index (χ4v) is 3.55. The van der Waals surface area contributed by atoms with Crippen LogP contribution in [0.5, 0.6) is 0 Å². The number of nitrogens with one attached hydrogen (secondary N) is 1. The van der Waals surface area contributed by atoms with Gasteiger partial charge in [0, 0.05) is 29.7 Å². The number of amides is 1. The topological polar surface area (TPSA) is 53.2 Å².